The van der Waals surface area contributed by atoms with Crippen LogP contribution >= 0.6 is 0 Å². The first kappa shape index (κ1) is 12.4. The summed E-state index contributed by atoms with van der Waals surface area (Å²) in [4.78, 5) is 20.8. The van der Waals surface area contributed by atoms with Gasteiger partial charge in [0, 0.05) is 13.0 Å². The average Bonchev–Trinajstić information content (AvgIpc) is 2.13. The molecule has 0 fully saturated rings. The lowest BCUT2D eigenvalue weighted by Gasteiger charge is -2.03. The maximum Gasteiger partial charge on any atom is 0.220 e. The number of unbranched alkanes of at least 4 members (excludes halogenated alkanes) is 1. The van der Waals surface area contributed by atoms with Crippen molar-refractivity contribution in [2.24, 2.45) is 5.73 Å². The molecule has 5 N–H and O–H groups in total. The molecule has 1 amide bonds. The van der Waals surface area contributed by atoms with Crippen LogP contribution in [-0.2, 0) is 9.59 Å². The molecular formula is C8H16N4O2. The quantitative estimate of drug-likeness (QED) is 0.182. The molecule has 0 rings (SSSR count). The largest absolute Gasteiger partial charge is 0.370 e. The molecular weight excluding hydrogens is 184 g/mol. The van der Waals surface area contributed by atoms with Crippen LogP contribution in [0.5, 0.6) is 0 Å². The van der Waals surface area contributed by atoms with Crippen molar-refractivity contribution >= 4 is 18.2 Å². The van der Waals surface area contributed by atoms with Crippen LogP contribution < -0.4 is 16.4 Å². The molecule has 0 atom stereocenters. The minimum Gasteiger partial charge on any atom is -0.370 e. The van der Waals surface area contributed by atoms with E-state index in [1.807, 2.05) is 0 Å². The monoisotopic (exact) mass is 200 g/mol. The molecule has 6 nitrogen and oxygen atoms in total. The second-order valence-corrected chi connectivity index (χ2v) is 2.77. The van der Waals surface area contributed by atoms with Gasteiger partial charge in [-0.3, -0.25) is 10.2 Å². The molecule has 80 valence electrons. The summed E-state index contributed by atoms with van der Waals surface area (Å²) in [6.07, 6.45) is 2.53. The van der Waals surface area contributed by atoms with Gasteiger partial charge in [0.25, 0.3) is 0 Å². The van der Waals surface area contributed by atoms with E-state index < -0.39 is 0 Å². The van der Waals surface area contributed by atoms with Gasteiger partial charge in [-0.2, -0.15) is 0 Å². The van der Waals surface area contributed by atoms with Gasteiger partial charge in [-0.15, -0.1) is 0 Å². The van der Waals surface area contributed by atoms with Crippen molar-refractivity contribution in [2.75, 3.05) is 13.1 Å². The Hall–Kier alpha value is -1.59. The fourth-order valence-electron chi connectivity index (χ4n) is 0.878. The Labute approximate surface area is 82.7 Å². The van der Waals surface area contributed by atoms with Gasteiger partial charge in [0.1, 0.15) is 6.29 Å². The smallest absolute Gasteiger partial charge is 0.220 e. The van der Waals surface area contributed by atoms with Crippen molar-refractivity contribution in [3.8, 4) is 0 Å². The van der Waals surface area contributed by atoms with E-state index in [2.05, 4.69) is 10.6 Å². The molecule has 0 saturated heterocycles. The van der Waals surface area contributed by atoms with Gasteiger partial charge in [0.2, 0.25) is 5.91 Å². The van der Waals surface area contributed by atoms with Crippen LogP contribution in [0.15, 0.2) is 0 Å². The predicted molar refractivity (Wildman–Crippen MR) is 52.8 cm³/mol. The zero-order chi connectivity index (χ0) is 10.8. The van der Waals surface area contributed by atoms with Crippen LogP contribution in [0.2, 0.25) is 0 Å². The standard InChI is InChI=1S/C8H16N4O2/c9-8(10)12-4-2-1-3-7(14)11-5-6-13/h6H,1-5H2,(H,11,14)(H4,9,10,12). The molecule has 0 bridgehead atoms. The van der Waals surface area contributed by atoms with Crippen molar-refractivity contribution in [1.29, 1.82) is 5.41 Å². The molecule has 6 heteroatoms. The van der Waals surface area contributed by atoms with E-state index in [9.17, 15) is 9.59 Å². The van der Waals surface area contributed by atoms with Crippen LogP contribution in [0.25, 0.3) is 0 Å². The summed E-state index contributed by atoms with van der Waals surface area (Å²) in [5.41, 5.74) is 5.05. The van der Waals surface area contributed by atoms with Crippen molar-refractivity contribution in [3.63, 3.8) is 0 Å². The number of rotatable bonds is 7. The van der Waals surface area contributed by atoms with Crippen LogP contribution in [0.3, 0.4) is 0 Å². The van der Waals surface area contributed by atoms with E-state index in [-0.39, 0.29) is 18.4 Å². The lowest BCUT2D eigenvalue weighted by Crippen LogP contribution is -2.31. The van der Waals surface area contributed by atoms with Crippen molar-refractivity contribution in [3.05, 3.63) is 0 Å². The van der Waals surface area contributed by atoms with E-state index in [1.54, 1.807) is 0 Å². The number of amides is 1. The summed E-state index contributed by atoms with van der Waals surface area (Å²) < 4.78 is 0. The number of guanidine groups is 1. The number of hydrogen-bond donors (Lipinski definition) is 4. The minimum absolute atomic E-state index is 0.0598. The molecule has 0 unspecified atom stereocenters. The lowest BCUT2D eigenvalue weighted by molar-refractivity contribution is -0.122. The first-order chi connectivity index (χ1) is 6.66. The average molecular weight is 200 g/mol. The first-order valence-corrected chi connectivity index (χ1v) is 4.45. The van der Waals surface area contributed by atoms with Crippen LogP contribution in [0.1, 0.15) is 19.3 Å². The van der Waals surface area contributed by atoms with E-state index in [0.29, 0.717) is 25.7 Å². The van der Waals surface area contributed by atoms with Gasteiger partial charge in [0.05, 0.1) is 6.54 Å². The molecule has 0 aliphatic rings. The first-order valence-electron chi connectivity index (χ1n) is 4.45. The number of aldehydes is 1. The maximum atomic E-state index is 10.9. The second-order valence-electron chi connectivity index (χ2n) is 2.77. The normalized spacial score (nSPS) is 9.14. The minimum atomic E-state index is -0.125. The highest BCUT2D eigenvalue weighted by Crippen LogP contribution is 1.93. The Balaban J connectivity index is 3.22. The van der Waals surface area contributed by atoms with Gasteiger partial charge in [0.15, 0.2) is 5.96 Å². The third kappa shape index (κ3) is 8.51. The lowest BCUT2D eigenvalue weighted by atomic mass is 10.2. The Morgan fingerprint density at radius 3 is 2.64 bits per heavy atom. The van der Waals surface area contributed by atoms with Crippen molar-refractivity contribution in [1.82, 2.24) is 10.6 Å². The van der Waals surface area contributed by atoms with Crippen LogP contribution in [0, 0.1) is 5.41 Å². The van der Waals surface area contributed by atoms with Gasteiger partial charge in [-0.05, 0) is 12.8 Å². The van der Waals surface area contributed by atoms with Crippen LogP contribution in [-0.4, -0.2) is 31.2 Å². The van der Waals surface area contributed by atoms with E-state index >= 15 is 0 Å². The number of nitrogens with one attached hydrogen (secondary N) is 3. The second kappa shape index (κ2) is 8.03. The number of hydrogen-bond acceptors (Lipinski definition) is 3. The molecule has 0 aromatic rings. The topological polar surface area (TPSA) is 108 Å². The van der Waals surface area contributed by atoms with Crippen molar-refractivity contribution < 1.29 is 9.59 Å². The molecule has 0 spiro atoms. The van der Waals surface area contributed by atoms with E-state index in [1.165, 1.54) is 0 Å². The third-order valence-corrected chi connectivity index (χ3v) is 1.53. The highest BCUT2D eigenvalue weighted by Gasteiger charge is 1.98. The number of carbonyl (C=O) groups excluding carboxylic acids is 2. The summed E-state index contributed by atoms with van der Waals surface area (Å²) in [5.74, 6) is -0.185. The van der Waals surface area contributed by atoms with Crippen LogP contribution in [0.4, 0.5) is 0 Å². The Bertz CT molecular complexity index is 206. The van der Waals surface area contributed by atoms with Crippen molar-refractivity contribution in [2.45, 2.75) is 19.3 Å². The molecule has 0 aromatic carbocycles. The van der Waals surface area contributed by atoms with Gasteiger partial charge >= 0.3 is 0 Å². The summed E-state index contributed by atoms with van der Waals surface area (Å²) in [7, 11) is 0. The number of nitrogens with two attached hydrogens (primary N) is 1. The SMILES string of the molecule is N=C(N)NCCCCC(=O)NCC=O. The summed E-state index contributed by atoms with van der Waals surface area (Å²) >= 11 is 0. The third-order valence-electron chi connectivity index (χ3n) is 1.53. The maximum absolute atomic E-state index is 10.9. The molecule has 14 heavy (non-hydrogen) atoms. The van der Waals surface area contributed by atoms with E-state index in [0.717, 1.165) is 6.42 Å². The Morgan fingerprint density at radius 2 is 2.07 bits per heavy atom. The molecule has 0 radical (unpaired) electrons. The van der Waals surface area contributed by atoms with Gasteiger partial charge < -0.3 is 21.2 Å². The zero-order valence-electron chi connectivity index (χ0n) is 8.01. The zero-order valence-corrected chi connectivity index (χ0v) is 8.01. The molecule has 0 saturated carbocycles. The Morgan fingerprint density at radius 1 is 1.36 bits per heavy atom. The van der Waals surface area contributed by atoms with Gasteiger partial charge in [-0.25, -0.2) is 0 Å². The molecule has 0 aliphatic carbocycles. The number of carbonyl (C=O) groups is 2. The highest BCUT2D eigenvalue weighted by atomic mass is 16.2. The Kier molecular flexibility index (Phi) is 7.12. The summed E-state index contributed by atoms with van der Waals surface area (Å²) in [5, 5.41) is 11.9. The molecule has 0 aliphatic heterocycles. The van der Waals surface area contributed by atoms with E-state index in [4.69, 9.17) is 11.1 Å². The summed E-state index contributed by atoms with van der Waals surface area (Å²) in [6.45, 7) is 0.667. The predicted octanol–water partition coefficient (Wildman–Crippen LogP) is -1.05. The summed E-state index contributed by atoms with van der Waals surface area (Å²) in [6, 6.07) is 0. The fourth-order valence-corrected chi connectivity index (χ4v) is 0.878. The molecule has 0 aromatic heterocycles. The highest BCUT2D eigenvalue weighted by molar-refractivity contribution is 5.78. The molecule has 0 heterocycles. The fraction of sp³-hybridized carbons (Fsp3) is 0.625. The van der Waals surface area contributed by atoms with Gasteiger partial charge in [-0.1, -0.05) is 0 Å².